The Bertz CT molecular complexity index is 1700. The lowest BCUT2D eigenvalue weighted by Gasteiger charge is -2.36. The van der Waals surface area contributed by atoms with Gasteiger partial charge in [0.05, 0.1) is 17.7 Å². The van der Waals surface area contributed by atoms with Gasteiger partial charge in [0.2, 0.25) is 5.91 Å². The fourth-order valence-electron chi connectivity index (χ4n) is 6.59. The Balaban J connectivity index is 1.18. The van der Waals surface area contributed by atoms with Gasteiger partial charge < -0.3 is 35.4 Å². The first-order valence-corrected chi connectivity index (χ1v) is 20.5. The van der Waals surface area contributed by atoms with E-state index in [0.717, 1.165) is 43.5 Å². The van der Waals surface area contributed by atoms with Crippen molar-refractivity contribution in [2.45, 2.75) is 81.8 Å². The number of likely N-dealkylation sites (N-methyl/N-ethyl adjacent to an activating group) is 1. The second kappa shape index (κ2) is 18.2. The van der Waals surface area contributed by atoms with Crippen LogP contribution in [0.5, 0.6) is 0 Å². The second-order valence-electron chi connectivity index (χ2n) is 13.8. The predicted octanol–water partition coefficient (Wildman–Crippen LogP) is 4.64. The average Bonchev–Trinajstić information content (AvgIpc) is 3.68. The molecular weight excluding hydrogens is 715 g/mol. The van der Waals surface area contributed by atoms with Gasteiger partial charge in [0.1, 0.15) is 12.1 Å². The molecule has 13 nitrogen and oxygen atoms in total. The number of esters is 1. The Labute approximate surface area is 319 Å². The highest BCUT2D eigenvalue weighted by Crippen LogP contribution is 2.36. The molecule has 53 heavy (non-hydrogen) atoms. The van der Waals surface area contributed by atoms with E-state index in [2.05, 4.69) is 25.8 Å². The third-order valence-electron chi connectivity index (χ3n) is 9.85. The molecule has 0 bridgehead atoms. The number of carbonyl (C=O) groups excluding carboxylic acids is 5. The molecule has 1 saturated carbocycles. The number of amides is 5. The molecule has 0 radical (unpaired) electrons. The highest BCUT2D eigenvalue weighted by molar-refractivity contribution is 8.00. The number of nitrogens with zero attached hydrogens (tertiary/aromatic N) is 4. The monoisotopic (exact) mass is 763 g/mol. The molecule has 284 valence electrons. The van der Waals surface area contributed by atoms with E-state index in [4.69, 9.17) is 4.74 Å². The number of hydrogen-bond donors (Lipinski definition) is 3. The second-order valence-corrected chi connectivity index (χ2v) is 15.9. The van der Waals surface area contributed by atoms with E-state index in [1.807, 2.05) is 42.8 Å². The van der Waals surface area contributed by atoms with Crippen LogP contribution >= 0.6 is 23.1 Å². The number of carbonyl (C=O) groups is 5. The summed E-state index contributed by atoms with van der Waals surface area (Å²) in [6, 6.07) is 5.48. The van der Waals surface area contributed by atoms with Crippen LogP contribution in [0.2, 0.25) is 0 Å². The molecule has 1 aromatic heterocycles. The van der Waals surface area contributed by atoms with Crippen LogP contribution in [0, 0.1) is 0 Å². The number of thioether (sulfide) groups is 1. The minimum Gasteiger partial charge on any atom is -0.466 e. The van der Waals surface area contributed by atoms with Gasteiger partial charge in [-0.2, -0.15) is 0 Å². The first kappa shape index (κ1) is 38.5. The minimum atomic E-state index is -0.927. The molecule has 1 aromatic carbocycles. The number of aromatic nitrogens is 1. The number of urea groups is 1. The first-order valence-electron chi connectivity index (χ1n) is 18.6. The first-order chi connectivity index (χ1) is 25.7. The highest BCUT2D eigenvalue weighted by atomic mass is 32.2. The molecular formula is C38H49N7O6S2. The Morgan fingerprint density at radius 1 is 1.04 bits per heavy atom. The smallest absolute Gasteiger partial charge is 0.318 e. The Hall–Kier alpha value is -4.21. The third-order valence-corrected chi connectivity index (χ3v) is 12.0. The van der Waals surface area contributed by atoms with E-state index in [1.54, 1.807) is 28.9 Å². The molecule has 3 atom stereocenters. The number of ether oxygens (including phenoxy) is 1. The van der Waals surface area contributed by atoms with Crippen molar-refractivity contribution < 1.29 is 28.7 Å². The average molecular weight is 764 g/mol. The summed E-state index contributed by atoms with van der Waals surface area (Å²) in [7, 11) is 2.02. The van der Waals surface area contributed by atoms with Crippen LogP contribution in [0.4, 0.5) is 9.93 Å². The minimum absolute atomic E-state index is 0.0894. The number of thiazole rings is 1. The summed E-state index contributed by atoms with van der Waals surface area (Å²) in [6.07, 6.45) is 11.4. The predicted molar refractivity (Wildman–Crippen MR) is 206 cm³/mol. The number of unbranched alkanes of at least 4 members (excludes halogenated alkanes) is 1. The summed E-state index contributed by atoms with van der Waals surface area (Å²) in [5, 5.41) is 10.9. The summed E-state index contributed by atoms with van der Waals surface area (Å²) in [4.78, 5) is 77.0. The van der Waals surface area contributed by atoms with Crippen molar-refractivity contribution in [3.05, 3.63) is 59.0 Å². The highest BCUT2D eigenvalue weighted by Gasteiger charge is 2.45. The van der Waals surface area contributed by atoms with E-state index in [-0.39, 0.29) is 47.6 Å². The van der Waals surface area contributed by atoms with Crippen LogP contribution in [-0.2, 0) is 19.1 Å². The molecule has 2 saturated heterocycles. The van der Waals surface area contributed by atoms with Gasteiger partial charge in [0.15, 0.2) is 5.13 Å². The lowest BCUT2D eigenvalue weighted by molar-refractivity contribution is -0.143. The molecule has 5 amide bonds. The van der Waals surface area contributed by atoms with Crippen LogP contribution < -0.4 is 16.0 Å². The zero-order valence-electron chi connectivity index (χ0n) is 30.4. The fraction of sp³-hybridized carbons (Fsp3) is 0.526. The van der Waals surface area contributed by atoms with Gasteiger partial charge in [0.25, 0.3) is 11.8 Å². The number of nitrogens with one attached hydrogen (secondary N) is 3. The van der Waals surface area contributed by atoms with Crippen LogP contribution in [0.25, 0.3) is 11.3 Å². The molecule has 6 rings (SSSR count). The van der Waals surface area contributed by atoms with Crippen molar-refractivity contribution in [2.75, 3.05) is 50.9 Å². The van der Waals surface area contributed by atoms with Crippen LogP contribution in [-0.4, -0.2) is 118 Å². The zero-order valence-corrected chi connectivity index (χ0v) is 32.0. The number of rotatable bonds is 14. The fourth-order valence-corrected chi connectivity index (χ4v) is 8.78. The maximum Gasteiger partial charge on any atom is 0.318 e. The summed E-state index contributed by atoms with van der Waals surface area (Å²) in [5.41, 5.74) is 2.87. The normalized spacial score (nSPS) is 20.8. The molecule has 1 unspecified atom stereocenters. The van der Waals surface area contributed by atoms with Gasteiger partial charge in [-0.15, -0.1) is 23.1 Å². The molecule has 2 aliphatic carbocycles. The lowest BCUT2D eigenvalue weighted by Crippen LogP contribution is -2.59. The molecule has 15 heteroatoms. The molecule has 4 aliphatic rings. The molecule has 2 aromatic rings. The van der Waals surface area contributed by atoms with Crippen LogP contribution in [0.3, 0.4) is 0 Å². The van der Waals surface area contributed by atoms with Gasteiger partial charge in [-0.05, 0) is 76.6 Å². The summed E-state index contributed by atoms with van der Waals surface area (Å²) in [5.74, 6) is -0.636. The van der Waals surface area contributed by atoms with Gasteiger partial charge in [-0.25, -0.2) is 9.78 Å². The third kappa shape index (κ3) is 10.3. The van der Waals surface area contributed by atoms with Gasteiger partial charge in [0, 0.05) is 60.9 Å². The number of benzene rings is 1. The maximum absolute atomic E-state index is 14.8. The largest absolute Gasteiger partial charge is 0.466 e. The van der Waals surface area contributed by atoms with Gasteiger partial charge in [-0.1, -0.05) is 30.4 Å². The molecule has 0 spiro atoms. The zero-order chi connectivity index (χ0) is 37.3. The van der Waals surface area contributed by atoms with Gasteiger partial charge >= 0.3 is 12.0 Å². The standard InChI is InChI=1S/C38H49N7O6S2/c1-3-51-32(46)12-8-7-11-31-45(36(49)33(26-9-5-4-6-10-26)41-38(50)44-21-19-43(2)20-22-44)30(24-52-31)35(48)42-37-40-29(23-53-37)25-13-15-27(16-14-25)34(47)39-28-17-18-28/h4-5,9,13-16,23,28,30-31,33H,3,6-8,10-12,17-22,24H2,1-2H3,(H,39,47)(H,41,50)(H,40,42,48)/t30-,31?,33+/m0/s1. The molecule has 3 heterocycles. The number of piperazine rings is 1. The summed E-state index contributed by atoms with van der Waals surface area (Å²) < 4.78 is 5.09. The van der Waals surface area contributed by atoms with Crippen molar-refractivity contribution in [2.24, 2.45) is 0 Å². The Kier molecular flexibility index (Phi) is 13.2. The van der Waals surface area contributed by atoms with Crippen molar-refractivity contribution in [1.82, 2.24) is 30.3 Å². The molecule has 2 aliphatic heterocycles. The van der Waals surface area contributed by atoms with Crippen LogP contribution in [0.15, 0.2) is 53.4 Å². The van der Waals surface area contributed by atoms with E-state index in [9.17, 15) is 24.0 Å². The summed E-state index contributed by atoms with van der Waals surface area (Å²) >= 11 is 2.82. The molecule has 3 fully saturated rings. The summed E-state index contributed by atoms with van der Waals surface area (Å²) in [6.45, 7) is 4.72. The van der Waals surface area contributed by atoms with Crippen molar-refractivity contribution in [3.8, 4) is 11.3 Å². The van der Waals surface area contributed by atoms with E-state index in [0.29, 0.717) is 67.5 Å². The van der Waals surface area contributed by atoms with E-state index < -0.39 is 12.1 Å². The topological polar surface area (TPSA) is 153 Å². The van der Waals surface area contributed by atoms with Crippen molar-refractivity contribution in [3.63, 3.8) is 0 Å². The quantitative estimate of drug-likeness (QED) is 0.185. The SMILES string of the molecule is CCOC(=O)CCCCC1SC[C@@H](C(=O)Nc2nc(-c3ccc(C(=O)NC4CC4)cc3)cs2)N1C(=O)[C@H](NC(=O)N1CCN(C)CC1)C1=CC=CCC1. The van der Waals surface area contributed by atoms with Crippen molar-refractivity contribution in [1.29, 1.82) is 0 Å². The van der Waals surface area contributed by atoms with Gasteiger partial charge in [-0.3, -0.25) is 19.2 Å². The van der Waals surface area contributed by atoms with Crippen molar-refractivity contribution >= 4 is 58.0 Å². The molecule has 3 N–H and O–H groups in total. The van der Waals surface area contributed by atoms with E-state index in [1.165, 1.54) is 23.1 Å². The Morgan fingerprint density at radius 3 is 2.51 bits per heavy atom. The van der Waals surface area contributed by atoms with E-state index >= 15 is 0 Å². The maximum atomic E-state index is 14.8. The Morgan fingerprint density at radius 2 is 1.81 bits per heavy atom. The number of allylic oxidation sites excluding steroid dienone is 3. The van der Waals surface area contributed by atoms with Crippen LogP contribution in [0.1, 0.15) is 68.6 Å². The number of hydrogen-bond acceptors (Lipinski definition) is 10. The number of anilines is 1. The lowest BCUT2D eigenvalue weighted by atomic mass is 9.96.